The van der Waals surface area contributed by atoms with Crippen LogP contribution in [0.15, 0.2) is 12.3 Å². The maximum atomic E-state index is 12.1. The molecule has 0 fully saturated rings. The van der Waals surface area contributed by atoms with E-state index in [9.17, 15) is 26.7 Å². The highest BCUT2D eigenvalue weighted by atomic mass is 19.4. The van der Waals surface area contributed by atoms with Gasteiger partial charge in [-0.2, -0.15) is 22.0 Å². The molecule has 0 bridgehead atoms. The Morgan fingerprint density at radius 1 is 1.23 bits per heavy atom. The Bertz CT molecular complexity index is 220. The van der Waals surface area contributed by atoms with Gasteiger partial charge in [-0.15, -0.1) is 0 Å². The fourth-order valence-corrected chi connectivity index (χ4v) is 0.403. The first-order chi connectivity index (χ1) is 5.73. The van der Waals surface area contributed by atoms with E-state index in [2.05, 4.69) is 5.32 Å². The summed E-state index contributed by atoms with van der Waals surface area (Å²) in [6.45, 7) is 0. The van der Waals surface area contributed by atoms with Gasteiger partial charge in [0.05, 0.1) is 0 Å². The highest BCUT2D eigenvalue weighted by Gasteiger charge is 2.62. The molecule has 0 aromatic carbocycles. The second-order valence-corrected chi connectivity index (χ2v) is 2.06. The number of ketones is 1. The Kier molecular flexibility index (Phi) is 3.39. The fraction of sp³-hybridized carbons (Fsp3) is 0.500. The van der Waals surface area contributed by atoms with E-state index in [0.29, 0.717) is 6.20 Å². The number of carbonyl (C=O) groups excluding carboxylic acids is 1. The summed E-state index contributed by atoms with van der Waals surface area (Å²) in [5.41, 5.74) is 0. The molecule has 76 valence electrons. The monoisotopic (exact) mass is 203 g/mol. The van der Waals surface area contributed by atoms with E-state index < -0.39 is 17.9 Å². The molecule has 7 heteroatoms. The lowest BCUT2D eigenvalue weighted by atomic mass is 10.2. The average Bonchev–Trinajstić information content (AvgIpc) is 1.97. The molecule has 0 saturated carbocycles. The van der Waals surface area contributed by atoms with Gasteiger partial charge in [0.25, 0.3) is 0 Å². The molecule has 0 amide bonds. The lowest BCUT2D eigenvalue weighted by Crippen LogP contribution is -2.43. The number of halogens is 5. The van der Waals surface area contributed by atoms with Crippen molar-refractivity contribution in [3.8, 4) is 0 Å². The van der Waals surface area contributed by atoms with Gasteiger partial charge in [-0.25, -0.2) is 0 Å². The summed E-state index contributed by atoms with van der Waals surface area (Å²) >= 11 is 0. The van der Waals surface area contributed by atoms with E-state index in [0.717, 1.165) is 0 Å². The molecule has 0 heterocycles. The van der Waals surface area contributed by atoms with Gasteiger partial charge in [0.1, 0.15) is 0 Å². The van der Waals surface area contributed by atoms with Crippen molar-refractivity contribution in [2.24, 2.45) is 0 Å². The molecule has 0 saturated heterocycles. The number of hydrogen-bond donors (Lipinski definition) is 1. The van der Waals surface area contributed by atoms with Crippen LogP contribution in [0.3, 0.4) is 0 Å². The number of hydrogen-bond acceptors (Lipinski definition) is 2. The lowest BCUT2D eigenvalue weighted by Gasteiger charge is -2.15. The van der Waals surface area contributed by atoms with Crippen molar-refractivity contribution < 1.29 is 26.7 Å². The van der Waals surface area contributed by atoms with Gasteiger partial charge in [-0.3, -0.25) is 4.79 Å². The van der Waals surface area contributed by atoms with E-state index >= 15 is 0 Å². The predicted molar refractivity (Wildman–Crippen MR) is 34.2 cm³/mol. The zero-order chi connectivity index (χ0) is 10.7. The Hall–Kier alpha value is -1.14. The molecule has 0 spiro atoms. The molecular weight excluding hydrogens is 197 g/mol. The van der Waals surface area contributed by atoms with Crippen molar-refractivity contribution in [1.29, 1.82) is 0 Å². The minimum atomic E-state index is -5.85. The number of rotatable bonds is 3. The largest absolute Gasteiger partial charge is 0.461 e. The molecule has 0 rings (SSSR count). The smallest absolute Gasteiger partial charge is 0.394 e. The van der Waals surface area contributed by atoms with E-state index in [1.807, 2.05) is 0 Å². The summed E-state index contributed by atoms with van der Waals surface area (Å²) in [4.78, 5) is 10.3. The van der Waals surface area contributed by atoms with Gasteiger partial charge in [-0.05, 0) is 6.20 Å². The van der Waals surface area contributed by atoms with Gasteiger partial charge in [0, 0.05) is 13.1 Å². The molecule has 0 unspecified atom stereocenters. The molecule has 1 N–H and O–H groups in total. The molecule has 0 aliphatic carbocycles. The third-order valence-electron chi connectivity index (χ3n) is 1.07. The van der Waals surface area contributed by atoms with Crippen LogP contribution in [0.25, 0.3) is 0 Å². The first-order valence-corrected chi connectivity index (χ1v) is 3.06. The average molecular weight is 203 g/mol. The van der Waals surface area contributed by atoms with Crippen molar-refractivity contribution in [2.75, 3.05) is 7.05 Å². The van der Waals surface area contributed by atoms with Crippen LogP contribution in [0.4, 0.5) is 22.0 Å². The Morgan fingerprint density at radius 2 is 1.69 bits per heavy atom. The Morgan fingerprint density at radius 3 is 2.00 bits per heavy atom. The summed E-state index contributed by atoms with van der Waals surface area (Å²) < 4.78 is 58.6. The number of alkyl halides is 5. The lowest BCUT2D eigenvalue weighted by molar-refractivity contribution is -0.266. The van der Waals surface area contributed by atoms with Crippen LogP contribution in [0.5, 0.6) is 0 Å². The number of carbonyl (C=O) groups is 1. The van der Waals surface area contributed by atoms with Crippen molar-refractivity contribution in [3.63, 3.8) is 0 Å². The van der Waals surface area contributed by atoms with Crippen molar-refractivity contribution in [3.05, 3.63) is 12.3 Å². The molecule has 0 atom stereocenters. The fourth-order valence-electron chi connectivity index (χ4n) is 0.403. The molecule has 13 heavy (non-hydrogen) atoms. The topological polar surface area (TPSA) is 29.1 Å². The molecule has 0 radical (unpaired) electrons. The highest BCUT2D eigenvalue weighted by Crippen LogP contribution is 2.36. The van der Waals surface area contributed by atoms with Gasteiger partial charge < -0.3 is 5.32 Å². The van der Waals surface area contributed by atoms with Crippen molar-refractivity contribution in [2.45, 2.75) is 12.1 Å². The predicted octanol–water partition coefficient (Wildman–Crippen LogP) is 1.49. The second-order valence-electron chi connectivity index (χ2n) is 2.06. The van der Waals surface area contributed by atoms with Crippen LogP contribution in [0.1, 0.15) is 0 Å². The van der Waals surface area contributed by atoms with Crippen LogP contribution in [0, 0.1) is 0 Å². The zero-order valence-electron chi connectivity index (χ0n) is 6.45. The standard InChI is InChI=1S/C6H6F5NO/c1-12-3-2-4(13)5(7,8)6(9,10)11/h2-3,12H,1H3/b3-2-. The third-order valence-corrected chi connectivity index (χ3v) is 1.07. The van der Waals surface area contributed by atoms with Gasteiger partial charge >= 0.3 is 12.1 Å². The number of nitrogens with one attached hydrogen (secondary N) is 1. The van der Waals surface area contributed by atoms with E-state index in [4.69, 9.17) is 0 Å². The van der Waals surface area contributed by atoms with Crippen LogP contribution < -0.4 is 5.32 Å². The molecule has 0 aliphatic rings. The molecule has 0 aliphatic heterocycles. The summed E-state index contributed by atoms with van der Waals surface area (Å²) in [6.07, 6.45) is -5.02. The van der Waals surface area contributed by atoms with Crippen LogP contribution in [-0.2, 0) is 4.79 Å². The molecule has 0 aromatic rings. The zero-order valence-corrected chi connectivity index (χ0v) is 6.45. The van der Waals surface area contributed by atoms with Gasteiger partial charge in [0.15, 0.2) is 0 Å². The first-order valence-electron chi connectivity index (χ1n) is 3.06. The minimum absolute atomic E-state index is 0.132. The van der Waals surface area contributed by atoms with Crippen LogP contribution >= 0.6 is 0 Å². The van der Waals surface area contributed by atoms with Crippen molar-refractivity contribution >= 4 is 5.78 Å². The summed E-state index contributed by atoms with van der Waals surface area (Å²) in [5.74, 6) is -7.62. The summed E-state index contributed by atoms with van der Waals surface area (Å²) in [6, 6.07) is 0. The summed E-state index contributed by atoms with van der Waals surface area (Å²) in [5, 5.41) is 2.12. The first kappa shape index (κ1) is 11.9. The van der Waals surface area contributed by atoms with Crippen LogP contribution in [0.2, 0.25) is 0 Å². The summed E-state index contributed by atoms with van der Waals surface area (Å²) in [7, 11) is 1.26. The maximum absolute atomic E-state index is 12.1. The second kappa shape index (κ2) is 3.71. The van der Waals surface area contributed by atoms with Gasteiger partial charge in [0.2, 0.25) is 5.78 Å². The molecule has 0 aromatic heterocycles. The van der Waals surface area contributed by atoms with E-state index in [1.54, 1.807) is 0 Å². The highest BCUT2D eigenvalue weighted by molar-refractivity contribution is 5.96. The normalized spacial score (nSPS) is 13.4. The molecular formula is C6H6F5NO. The Labute approximate surface area is 70.4 Å². The van der Waals surface area contributed by atoms with Gasteiger partial charge in [-0.1, -0.05) is 0 Å². The minimum Gasteiger partial charge on any atom is -0.394 e. The van der Waals surface area contributed by atoms with Crippen LogP contribution in [-0.4, -0.2) is 24.9 Å². The number of allylic oxidation sites excluding steroid dienone is 1. The van der Waals surface area contributed by atoms with E-state index in [-0.39, 0.29) is 6.08 Å². The maximum Gasteiger partial charge on any atom is 0.461 e. The SMILES string of the molecule is CN/C=C\C(=O)C(F)(F)C(F)(F)F. The quantitative estimate of drug-likeness (QED) is 0.556. The Balaban J connectivity index is 4.65. The van der Waals surface area contributed by atoms with Crippen molar-refractivity contribution in [1.82, 2.24) is 5.32 Å². The molecule has 2 nitrogen and oxygen atoms in total. The van der Waals surface area contributed by atoms with E-state index in [1.165, 1.54) is 7.05 Å². The third kappa shape index (κ3) is 2.67.